The fraction of sp³-hybridized carbons (Fsp3) is 0.269. The quantitative estimate of drug-likeness (QED) is 0.191. The highest BCUT2D eigenvalue weighted by Gasteiger charge is 2.39. The Morgan fingerprint density at radius 1 is 1.25 bits per heavy atom. The maximum Gasteiger partial charge on any atom is 0.313 e. The number of amides is 1. The van der Waals surface area contributed by atoms with Crippen molar-refractivity contribution in [3.05, 3.63) is 75.8 Å². The first-order valence-electron chi connectivity index (χ1n) is 11.0. The van der Waals surface area contributed by atoms with Crippen molar-refractivity contribution in [1.82, 2.24) is 5.32 Å². The van der Waals surface area contributed by atoms with Gasteiger partial charge in [-0.25, -0.2) is 0 Å². The Balaban J connectivity index is 1.91. The number of ether oxygens (including phenoxy) is 1. The van der Waals surface area contributed by atoms with Gasteiger partial charge in [0.2, 0.25) is 13.3 Å². The molecular formula is C26H26ClN2O5PS. The number of nitriles is 1. The van der Waals surface area contributed by atoms with E-state index in [1.807, 2.05) is 6.07 Å². The minimum atomic E-state index is -3.71. The first kappa shape index (κ1) is 27.6. The molecule has 2 unspecified atom stereocenters. The number of nitrogens with zero attached hydrogens (tertiary/aromatic N) is 1. The monoisotopic (exact) mass is 544 g/mol. The summed E-state index contributed by atoms with van der Waals surface area (Å²) in [6.07, 6.45) is 2.98. The lowest BCUT2D eigenvalue weighted by molar-refractivity contribution is -0.159. The molecule has 0 saturated heterocycles. The Bertz CT molecular complexity index is 1400. The van der Waals surface area contributed by atoms with Gasteiger partial charge in [0.25, 0.3) is 0 Å². The highest BCUT2D eigenvalue weighted by atomic mass is 35.5. The van der Waals surface area contributed by atoms with Gasteiger partial charge in [-0.05, 0) is 73.0 Å². The summed E-state index contributed by atoms with van der Waals surface area (Å²) >= 11 is 7.58. The van der Waals surface area contributed by atoms with Gasteiger partial charge in [-0.1, -0.05) is 29.8 Å². The number of carbonyl (C=O) groups excluding carboxylic acids is 2. The predicted molar refractivity (Wildman–Crippen MR) is 143 cm³/mol. The van der Waals surface area contributed by atoms with Crippen molar-refractivity contribution in [1.29, 1.82) is 5.26 Å². The van der Waals surface area contributed by atoms with E-state index in [0.29, 0.717) is 27.1 Å². The molecule has 0 fully saturated rings. The first-order chi connectivity index (χ1) is 16.9. The molecule has 2 atom stereocenters. The molecule has 1 heterocycles. The largest absolute Gasteiger partial charge is 0.438 e. The van der Waals surface area contributed by atoms with E-state index in [1.54, 1.807) is 68.6 Å². The third kappa shape index (κ3) is 6.63. The third-order valence-corrected chi connectivity index (χ3v) is 8.54. The molecule has 0 aliphatic heterocycles. The highest BCUT2D eigenvalue weighted by molar-refractivity contribution is 7.59. The molecule has 188 valence electrons. The molecule has 0 aliphatic rings. The van der Waals surface area contributed by atoms with Crippen LogP contribution in [-0.2, 0) is 23.4 Å². The number of nitrogens with one attached hydrogen (secondary N) is 1. The fourth-order valence-electron chi connectivity index (χ4n) is 3.35. The summed E-state index contributed by atoms with van der Waals surface area (Å²) in [6.45, 7) is 5.85. The summed E-state index contributed by atoms with van der Waals surface area (Å²) in [7, 11) is -3.71. The van der Waals surface area contributed by atoms with Crippen LogP contribution in [0.4, 0.5) is 0 Å². The number of thiophene rings is 1. The molecule has 1 amide bonds. The second-order valence-corrected chi connectivity index (χ2v) is 13.1. The summed E-state index contributed by atoms with van der Waals surface area (Å²) < 4.78 is 25.3. The van der Waals surface area contributed by atoms with Gasteiger partial charge in [-0.15, -0.1) is 11.3 Å². The van der Waals surface area contributed by atoms with Gasteiger partial charge in [0.15, 0.2) is 6.79 Å². The lowest BCUT2D eigenvalue weighted by Gasteiger charge is -2.24. The molecule has 1 N–H and O–H groups in total. The Hall–Kier alpha value is -2.95. The normalized spacial score (nSPS) is 14.2. The molecule has 0 saturated carbocycles. The number of fused-ring (bicyclic) bond motifs is 1. The SMILES string of the molecule is CC(C)(C)C(=O)OCOP(C)(=O)C(C(=O)NC=Cc1ccccc1C#N)c1csc2ccc(Cl)cc12. The molecule has 0 radical (unpaired) electrons. The van der Waals surface area contributed by atoms with E-state index < -0.39 is 37.1 Å². The van der Waals surface area contributed by atoms with Crippen LogP contribution in [0, 0.1) is 16.7 Å². The number of esters is 1. The summed E-state index contributed by atoms with van der Waals surface area (Å²) in [5, 5.41) is 14.8. The van der Waals surface area contributed by atoms with E-state index in [1.165, 1.54) is 24.2 Å². The molecule has 0 spiro atoms. The van der Waals surface area contributed by atoms with E-state index in [4.69, 9.17) is 20.9 Å². The molecule has 10 heteroatoms. The van der Waals surface area contributed by atoms with Crippen molar-refractivity contribution in [3.8, 4) is 6.07 Å². The fourth-order valence-corrected chi connectivity index (χ4v) is 6.22. The maximum absolute atomic E-state index is 13.8. The van der Waals surface area contributed by atoms with Crippen LogP contribution in [0.15, 0.2) is 54.0 Å². The van der Waals surface area contributed by atoms with E-state index >= 15 is 0 Å². The topological polar surface area (TPSA) is 105 Å². The Morgan fingerprint density at radius 3 is 2.67 bits per heavy atom. The highest BCUT2D eigenvalue weighted by Crippen LogP contribution is 2.59. The molecule has 7 nitrogen and oxygen atoms in total. The number of hydrogen-bond donors (Lipinski definition) is 1. The van der Waals surface area contributed by atoms with Crippen molar-refractivity contribution in [2.45, 2.75) is 26.4 Å². The van der Waals surface area contributed by atoms with Crippen LogP contribution in [0.1, 0.15) is 43.1 Å². The molecule has 3 aromatic rings. The number of rotatable bonds is 8. The number of benzene rings is 2. The van der Waals surface area contributed by atoms with Gasteiger partial charge < -0.3 is 10.1 Å². The molecule has 3 rings (SSSR count). The molecule has 36 heavy (non-hydrogen) atoms. The summed E-state index contributed by atoms with van der Waals surface area (Å²) in [4.78, 5) is 25.5. The second-order valence-electron chi connectivity index (χ2n) is 9.11. The molecule has 0 bridgehead atoms. The number of halogens is 1. The van der Waals surface area contributed by atoms with Crippen molar-refractivity contribution >= 4 is 58.3 Å². The lowest BCUT2D eigenvalue weighted by Crippen LogP contribution is -2.27. The minimum Gasteiger partial charge on any atom is -0.438 e. The van der Waals surface area contributed by atoms with E-state index in [-0.39, 0.29) is 0 Å². The third-order valence-electron chi connectivity index (χ3n) is 5.26. The van der Waals surface area contributed by atoms with E-state index in [2.05, 4.69) is 11.4 Å². The van der Waals surface area contributed by atoms with Gasteiger partial charge in [-0.3, -0.25) is 18.7 Å². The summed E-state index contributed by atoms with van der Waals surface area (Å²) in [5.41, 5.74) is -0.400. The summed E-state index contributed by atoms with van der Waals surface area (Å²) in [6, 6.07) is 14.3. The Labute approximate surface area is 219 Å². The van der Waals surface area contributed by atoms with Crippen molar-refractivity contribution in [2.24, 2.45) is 5.41 Å². The Morgan fingerprint density at radius 2 is 1.97 bits per heavy atom. The standard InChI is InChI=1S/C26H26ClN2O5PS/c1-26(2,3)25(31)33-16-34-35(4,32)23(21-15-36-22-10-9-19(27)13-20(21)22)24(30)29-12-11-17-7-5-6-8-18(17)14-28/h5-13,15,23H,16H2,1-4H3,(H,29,30). The number of hydrogen-bond acceptors (Lipinski definition) is 7. The zero-order valence-electron chi connectivity index (χ0n) is 20.3. The first-order valence-corrected chi connectivity index (χ1v) is 14.4. The molecule has 2 aromatic carbocycles. The zero-order chi connectivity index (χ0) is 26.5. The van der Waals surface area contributed by atoms with Crippen LogP contribution in [0.3, 0.4) is 0 Å². The predicted octanol–water partition coefficient (Wildman–Crippen LogP) is 6.73. The van der Waals surface area contributed by atoms with Crippen LogP contribution in [0.2, 0.25) is 5.02 Å². The smallest absolute Gasteiger partial charge is 0.313 e. The lowest BCUT2D eigenvalue weighted by atomic mass is 9.98. The van der Waals surface area contributed by atoms with Crippen molar-refractivity contribution in [3.63, 3.8) is 0 Å². The second kappa shape index (κ2) is 11.4. The van der Waals surface area contributed by atoms with Crippen LogP contribution in [0.25, 0.3) is 16.2 Å². The Kier molecular flexibility index (Phi) is 8.76. The van der Waals surface area contributed by atoms with Gasteiger partial charge in [0.1, 0.15) is 5.66 Å². The van der Waals surface area contributed by atoms with Gasteiger partial charge in [0, 0.05) is 22.6 Å². The molecular weight excluding hydrogens is 519 g/mol. The average Bonchev–Trinajstić information content (AvgIpc) is 3.21. The van der Waals surface area contributed by atoms with E-state index in [0.717, 1.165) is 4.70 Å². The number of carbonyl (C=O) groups is 2. The van der Waals surface area contributed by atoms with E-state index in [9.17, 15) is 19.4 Å². The van der Waals surface area contributed by atoms with Crippen molar-refractivity contribution < 1.29 is 23.4 Å². The average molecular weight is 545 g/mol. The van der Waals surface area contributed by atoms with Gasteiger partial charge in [0.05, 0.1) is 17.0 Å². The minimum absolute atomic E-state index is 0.447. The molecule has 1 aromatic heterocycles. The summed E-state index contributed by atoms with van der Waals surface area (Å²) in [5.74, 6) is -1.09. The molecule has 0 aliphatic carbocycles. The van der Waals surface area contributed by atoms with Crippen LogP contribution < -0.4 is 5.32 Å². The zero-order valence-corrected chi connectivity index (χ0v) is 22.7. The van der Waals surface area contributed by atoms with Crippen LogP contribution >= 0.6 is 30.3 Å². The van der Waals surface area contributed by atoms with Crippen molar-refractivity contribution in [2.75, 3.05) is 13.5 Å². The van der Waals surface area contributed by atoms with Gasteiger partial charge >= 0.3 is 5.97 Å². The van der Waals surface area contributed by atoms with Crippen LogP contribution in [0.5, 0.6) is 0 Å². The van der Waals surface area contributed by atoms with Crippen LogP contribution in [-0.4, -0.2) is 25.3 Å². The maximum atomic E-state index is 13.8. The van der Waals surface area contributed by atoms with Gasteiger partial charge in [-0.2, -0.15) is 5.26 Å².